The van der Waals surface area contributed by atoms with E-state index < -0.39 is 45.5 Å². The van der Waals surface area contributed by atoms with Gasteiger partial charge < -0.3 is 34.5 Å². The summed E-state index contributed by atoms with van der Waals surface area (Å²) in [5.74, 6) is -1.31. The average molecular weight is 786 g/mol. The highest BCUT2D eigenvalue weighted by molar-refractivity contribution is 6.02. The molecule has 2 aliphatic heterocycles. The third kappa shape index (κ3) is 5.59. The van der Waals surface area contributed by atoms with Gasteiger partial charge in [0.1, 0.15) is 16.9 Å². The Kier molecular flexibility index (Phi) is 9.21. The van der Waals surface area contributed by atoms with Gasteiger partial charge >= 0.3 is 5.97 Å². The van der Waals surface area contributed by atoms with Crippen LogP contribution >= 0.6 is 0 Å². The highest BCUT2D eigenvalue weighted by Gasteiger charge is 2.68. The van der Waals surface area contributed by atoms with Gasteiger partial charge in [0.2, 0.25) is 5.43 Å². The third-order valence-electron chi connectivity index (χ3n) is 15.9. The maximum Gasteiger partial charge on any atom is 0.343 e. The molecule has 0 spiro atoms. The lowest BCUT2D eigenvalue weighted by molar-refractivity contribution is -0.177. The fraction of sp³-hybridized carbons (Fsp3) is 0.644. The molecule has 7 aliphatic rings. The molecule has 6 fully saturated rings. The second-order valence-electron chi connectivity index (χ2n) is 18.7. The van der Waals surface area contributed by atoms with Crippen LogP contribution in [0.1, 0.15) is 106 Å². The van der Waals surface area contributed by atoms with Crippen molar-refractivity contribution in [2.24, 2.45) is 34.5 Å². The number of carbonyl (C=O) groups excluding carboxylic acids is 3. The number of aliphatic hydroxyl groups excluding tert-OH is 1. The molecule has 1 aromatic carbocycles. The first-order valence-electron chi connectivity index (χ1n) is 21.1. The van der Waals surface area contributed by atoms with Gasteiger partial charge in [-0.2, -0.15) is 0 Å². The molecule has 2 aromatic rings. The maximum absolute atomic E-state index is 16.6. The number of benzene rings is 1. The fourth-order valence-corrected chi connectivity index (χ4v) is 12.9. The van der Waals surface area contributed by atoms with Crippen LogP contribution in [0.4, 0.5) is 10.1 Å². The highest BCUT2D eigenvalue weighted by Crippen LogP contribution is 2.67. The SMILES string of the molecule is COc1c(N2CC3CCCNC3C2)c(F)c(C)c2c(=O)c(C(=O)OCCC(=O)[C@@]3(O)CC[C@H]4[C@@H]5CCC6=CC(=O)C=C[C@]6(C)[C@H]5[C@@H](O)C[C@@]43C)c(C)n(C3CC3)c12. The number of ketones is 2. The first-order chi connectivity index (χ1) is 27.1. The molecule has 5 aliphatic carbocycles. The van der Waals surface area contributed by atoms with Crippen LogP contribution in [0.3, 0.4) is 0 Å². The molecule has 306 valence electrons. The summed E-state index contributed by atoms with van der Waals surface area (Å²) in [6.07, 6.45) is 10.6. The predicted molar refractivity (Wildman–Crippen MR) is 212 cm³/mol. The van der Waals surface area contributed by atoms with Gasteiger partial charge in [-0.3, -0.25) is 14.4 Å². The standard InChI is InChI=1S/C45H56FN3O8/c1-23-34-38(41(56-5)39(37(23)46)48-21-25-7-6-17-47-31(25)22-48)49(27-9-10-27)24(2)35(40(34)53)42(54)57-18-14-33(52)45(55)16-13-30-29-11-8-26-19-28(50)12-15-43(26,3)36(29)32(51)20-44(30,45)4/h12,15,19,25,27,29-32,36,47,51,55H,6-11,13-14,16-18,20-22H2,1-5H3/t25?,29-,30-,31?,32-,36+,43-,44-,45-/m0/s1. The first kappa shape index (κ1) is 38.6. The Balaban J connectivity index is 0.966. The van der Waals surface area contributed by atoms with E-state index in [0.717, 1.165) is 50.6 Å². The molecule has 9 rings (SSSR count). The number of carbonyl (C=O) groups is 3. The van der Waals surface area contributed by atoms with Crippen LogP contribution in [0.25, 0.3) is 10.9 Å². The van der Waals surface area contributed by atoms with Gasteiger partial charge in [-0.05, 0) is 108 Å². The summed E-state index contributed by atoms with van der Waals surface area (Å²) in [6, 6.07) is 0.252. The van der Waals surface area contributed by atoms with Crippen LogP contribution in [0.2, 0.25) is 0 Å². The predicted octanol–water partition coefficient (Wildman–Crippen LogP) is 5.41. The first-order valence-corrected chi connectivity index (χ1v) is 21.1. The van der Waals surface area contributed by atoms with Gasteiger partial charge in [-0.15, -0.1) is 0 Å². The third-order valence-corrected chi connectivity index (χ3v) is 15.9. The van der Waals surface area contributed by atoms with Gasteiger partial charge in [-0.25, -0.2) is 9.18 Å². The summed E-state index contributed by atoms with van der Waals surface area (Å²) < 4.78 is 30.2. The number of hydrogen-bond acceptors (Lipinski definition) is 10. The number of halogens is 1. The van der Waals surface area contributed by atoms with Crippen molar-refractivity contribution in [1.29, 1.82) is 0 Å². The minimum absolute atomic E-state index is 0.00241. The van der Waals surface area contributed by atoms with E-state index in [1.165, 1.54) is 7.11 Å². The van der Waals surface area contributed by atoms with E-state index in [-0.39, 0.29) is 78.0 Å². The van der Waals surface area contributed by atoms with Crippen molar-refractivity contribution in [3.8, 4) is 5.75 Å². The number of nitrogens with one attached hydrogen (secondary N) is 1. The molecule has 2 saturated heterocycles. The molecule has 4 saturated carbocycles. The van der Waals surface area contributed by atoms with Crippen LogP contribution in [0, 0.1) is 54.2 Å². The maximum atomic E-state index is 16.6. The van der Waals surface area contributed by atoms with Crippen molar-refractivity contribution in [2.45, 2.75) is 116 Å². The lowest BCUT2D eigenvalue weighted by atomic mass is 9.46. The van der Waals surface area contributed by atoms with E-state index in [9.17, 15) is 29.4 Å². The number of aromatic nitrogens is 1. The Morgan fingerprint density at radius 1 is 1.09 bits per heavy atom. The van der Waals surface area contributed by atoms with Gasteiger partial charge in [0, 0.05) is 59.6 Å². The van der Waals surface area contributed by atoms with Crippen molar-refractivity contribution >= 4 is 34.1 Å². The molecule has 9 atom stereocenters. The molecule has 57 heavy (non-hydrogen) atoms. The van der Waals surface area contributed by atoms with Crippen LogP contribution in [-0.2, 0) is 14.3 Å². The molecule has 0 amide bonds. The number of aryl methyl sites for hydroxylation is 1. The number of nitrogens with zero attached hydrogens (tertiary/aromatic N) is 2. The number of hydrogen-bond donors (Lipinski definition) is 3. The number of piperidine rings is 1. The Bertz CT molecular complexity index is 2200. The molecule has 11 nitrogen and oxygen atoms in total. The van der Waals surface area contributed by atoms with Crippen molar-refractivity contribution < 1.29 is 38.5 Å². The van der Waals surface area contributed by atoms with Crippen molar-refractivity contribution in [1.82, 2.24) is 9.88 Å². The second-order valence-corrected chi connectivity index (χ2v) is 18.7. The Morgan fingerprint density at radius 2 is 1.86 bits per heavy atom. The monoisotopic (exact) mass is 785 g/mol. The number of rotatable bonds is 8. The summed E-state index contributed by atoms with van der Waals surface area (Å²) in [7, 11) is 1.50. The summed E-state index contributed by atoms with van der Waals surface area (Å²) in [5, 5.41) is 27.6. The summed E-state index contributed by atoms with van der Waals surface area (Å²) >= 11 is 0. The Labute approximate surface area is 332 Å². The van der Waals surface area contributed by atoms with Crippen LogP contribution in [0.15, 0.2) is 28.6 Å². The number of ether oxygens (including phenoxy) is 2. The number of anilines is 1. The molecule has 2 unspecified atom stereocenters. The van der Waals surface area contributed by atoms with E-state index in [2.05, 4.69) is 12.2 Å². The van der Waals surface area contributed by atoms with Crippen molar-refractivity contribution in [3.05, 3.63) is 56.7 Å². The second kappa shape index (κ2) is 13.6. The van der Waals surface area contributed by atoms with Gasteiger partial charge in [0.25, 0.3) is 0 Å². The minimum atomic E-state index is -1.73. The quantitative estimate of drug-likeness (QED) is 0.297. The molecule has 0 bridgehead atoms. The molecular formula is C45H56FN3O8. The highest BCUT2D eigenvalue weighted by atomic mass is 19.1. The zero-order chi connectivity index (χ0) is 40.3. The summed E-state index contributed by atoms with van der Waals surface area (Å²) in [6.45, 7) is 9.20. The topological polar surface area (TPSA) is 147 Å². The molecule has 0 radical (unpaired) electrons. The molecule has 3 N–H and O–H groups in total. The molecule has 3 heterocycles. The normalized spacial score (nSPS) is 35.7. The lowest BCUT2D eigenvalue weighted by Gasteiger charge is -2.59. The summed E-state index contributed by atoms with van der Waals surface area (Å²) in [5.41, 5.74) is -1.47. The van der Waals surface area contributed by atoms with Gasteiger partial charge in [0.15, 0.2) is 23.1 Å². The van der Waals surface area contributed by atoms with Crippen molar-refractivity contribution in [3.63, 3.8) is 0 Å². The van der Waals surface area contributed by atoms with E-state index >= 15 is 4.39 Å². The molecule has 1 aromatic heterocycles. The Morgan fingerprint density at radius 3 is 2.58 bits per heavy atom. The van der Waals surface area contributed by atoms with E-state index in [0.29, 0.717) is 48.1 Å². The average Bonchev–Trinajstić information content (AvgIpc) is 3.85. The number of fused-ring (bicyclic) bond motifs is 7. The zero-order valence-corrected chi connectivity index (χ0v) is 33.8. The smallest absolute Gasteiger partial charge is 0.343 e. The summed E-state index contributed by atoms with van der Waals surface area (Å²) in [4.78, 5) is 56.6. The van der Waals surface area contributed by atoms with E-state index in [1.807, 2.05) is 22.5 Å². The van der Waals surface area contributed by atoms with Crippen LogP contribution < -0.4 is 20.4 Å². The number of methoxy groups -OCH3 is 1. The fourth-order valence-electron chi connectivity index (χ4n) is 12.9. The Hall–Kier alpha value is -3.87. The number of pyridine rings is 1. The van der Waals surface area contributed by atoms with E-state index in [1.54, 1.807) is 26.0 Å². The lowest BCUT2D eigenvalue weighted by Crippen LogP contribution is -2.61. The number of allylic oxidation sites excluding steroid dienone is 4. The van der Waals surface area contributed by atoms with Crippen LogP contribution in [0.5, 0.6) is 5.75 Å². The zero-order valence-electron chi connectivity index (χ0n) is 33.8. The number of esters is 1. The van der Waals surface area contributed by atoms with Crippen LogP contribution in [-0.4, -0.2) is 83.4 Å². The van der Waals surface area contributed by atoms with E-state index in [4.69, 9.17) is 9.47 Å². The van der Waals surface area contributed by atoms with Gasteiger partial charge in [0.05, 0.1) is 30.7 Å². The van der Waals surface area contributed by atoms with Gasteiger partial charge in [-0.1, -0.05) is 25.5 Å². The molecular weight excluding hydrogens is 730 g/mol. The number of aliphatic hydroxyl groups is 2. The largest absolute Gasteiger partial charge is 0.492 e. The molecule has 12 heteroatoms. The number of Topliss-reactive ketones (excluding diaryl/α,β-unsaturated/α-hetero) is 1. The van der Waals surface area contributed by atoms with Crippen molar-refractivity contribution in [2.75, 3.05) is 38.3 Å². The minimum Gasteiger partial charge on any atom is -0.492 e.